The largest absolute Gasteiger partial charge is 0.310 e. The van der Waals surface area contributed by atoms with Crippen molar-refractivity contribution in [1.29, 1.82) is 0 Å². The van der Waals surface area contributed by atoms with Gasteiger partial charge in [0.05, 0.1) is 0 Å². The van der Waals surface area contributed by atoms with Gasteiger partial charge in [-0.05, 0) is 29.5 Å². The molecule has 2 unspecified atom stereocenters. The highest BCUT2D eigenvalue weighted by molar-refractivity contribution is 5.27. The van der Waals surface area contributed by atoms with Crippen molar-refractivity contribution in [1.82, 2.24) is 5.32 Å². The maximum atomic E-state index is 3.60. The van der Waals surface area contributed by atoms with Gasteiger partial charge in [-0.25, -0.2) is 0 Å². The van der Waals surface area contributed by atoms with Crippen LogP contribution in [0.4, 0.5) is 0 Å². The van der Waals surface area contributed by atoms with E-state index in [1.165, 1.54) is 17.5 Å². The van der Waals surface area contributed by atoms with E-state index in [1.54, 1.807) is 0 Å². The van der Waals surface area contributed by atoms with Crippen LogP contribution in [0.3, 0.4) is 0 Å². The molecule has 17 heavy (non-hydrogen) atoms. The number of hydrogen-bond donors (Lipinski definition) is 1. The van der Waals surface area contributed by atoms with E-state index in [9.17, 15) is 0 Å². The topological polar surface area (TPSA) is 12.0 Å². The van der Waals surface area contributed by atoms with Crippen LogP contribution in [0, 0.1) is 5.92 Å². The molecule has 1 aromatic rings. The number of rotatable bonds is 6. The Balaban J connectivity index is 2.87. The van der Waals surface area contributed by atoms with Crippen molar-refractivity contribution >= 4 is 0 Å². The van der Waals surface area contributed by atoms with E-state index in [2.05, 4.69) is 64.2 Å². The van der Waals surface area contributed by atoms with E-state index in [4.69, 9.17) is 0 Å². The van der Waals surface area contributed by atoms with Gasteiger partial charge in [0.15, 0.2) is 0 Å². The fraction of sp³-hybridized carbons (Fsp3) is 0.625. The van der Waals surface area contributed by atoms with Crippen molar-refractivity contribution in [2.24, 2.45) is 5.92 Å². The molecule has 0 aliphatic rings. The molecule has 0 aliphatic heterocycles. The van der Waals surface area contributed by atoms with Gasteiger partial charge in [-0.2, -0.15) is 0 Å². The van der Waals surface area contributed by atoms with Crippen molar-refractivity contribution < 1.29 is 0 Å². The third kappa shape index (κ3) is 3.85. The first-order chi connectivity index (χ1) is 8.10. The second-order valence-corrected chi connectivity index (χ2v) is 5.24. The van der Waals surface area contributed by atoms with Crippen LogP contribution in [-0.4, -0.2) is 6.54 Å². The lowest BCUT2D eigenvalue weighted by molar-refractivity contribution is 0.384. The summed E-state index contributed by atoms with van der Waals surface area (Å²) >= 11 is 0. The average molecular weight is 233 g/mol. The molecule has 1 N–H and O–H groups in total. The Kier molecular flexibility index (Phi) is 5.70. The van der Waals surface area contributed by atoms with Gasteiger partial charge in [-0.1, -0.05) is 65.3 Å². The molecule has 0 amide bonds. The lowest BCUT2D eigenvalue weighted by Gasteiger charge is -2.24. The van der Waals surface area contributed by atoms with Crippen LogP contribution < -0.4 is 5.32 Å². The molecule has 0 fully saturated rings. The Labute approximate surface area is 107 Å². The number of benzene rings is 1. The van der Waals surface area contributed by atoms with Crippen molar-refractivity contribution in [2.75, 3.05) is 6.54 Å². The van der Waals surface area contributed by atoms with Gasteiger partial charge in [0.2, 0.25) is 0 Å². The van der Waals surface area contributed by atoms with Crippen LogP contribution in [0.15, 0.2) is 24.3 Å². The Hall–Kier alpha value is -0.820. The van der Waals surface area contributed by atoms with Crippen LogP contribution in [0.5, 0.6) is 0 Å². The number of nitrogens with one attached hydrogen (secondary N) is 1. The van der Waals surface area contributed by atoms with Gasteiger partial charge in [0, 0.05) is 6.04 Å². The molecule has 0 saturated carbocycles. The van der Waals surface area contributed by atoms with Gasteiger partial charge in [0.25, 0.3) is 0 Å². The summed E-state index contributed by atoms with van der Waals surface area (Å²) in [5, 5.41) is 3.60. The molecule has 96 valence electrons. The predicted molar refractivity (Wildman–Crippen MR) is 76.4 cm³/mol. The van der Waals surface area contributed by atoms with Crippen molar-refractivity contribution in [3.63, 3.8) is 0 Å². The first kappa shape index (κ1) is 14.2. The summed E-state index contributed by atoms with van der Waals surface area (Å²) in [6.45, 7) is 12.3. The van der Waals surface area contributed by atoms with E-state index >= 15 is 0 Å². The molecular weight excluding hydrogens is 206 g/mol. The maximum absolute atomic E-state index is 3.60. The molecule has 0 bridgehead atoms. The second kappa shape index (κ2) is 6.80. The molecule has 0 aromatic heterocycles. The van der Waals surface area contributed by atoms with Gasteiger partial charge in [-0.15, -0.1) is 0 Å². The van der Waals surface area contributed by atoms with E-state index in [-0.39, 0.29) is 0 Å². The zero-order chi connectivity index (χ0) is 12.8. The quantitative estimate of drug-likeness (QED) is 0.762. The summed E-state index contributed by atoms with van der Waals surface area (Å²) < 4.78 is 0. The Morgan fingerprint density at radius 2 is 1.47 bits per heavy atom. The summed E-state index contributed by atoms with van der Waals surface area (Å²) in [5.74, 6) is 1.30. The van der Waals surface area contributed by atoms with E-state index in [1.807, 2.05) is 0 Å². The minimum absolute atomic E-state index is 0.492. The monoisotopic (exact) mass is 233 g/mol. The summed E-state index contributed by atoms with van der Waals surface area (Å²) in [7, 11) is 0. The maximum Gasteiger partial charge on any atom is 0.0345 e. The number of hydrogen-bond acceptors (Lipinski definition) is 1. The lowest BCUT2D eigenvalue weighted by Crippen LogP contribution is -2.26. The minimum Gasteiger partial charge on any atom is -0.310 e. The highest BCUT2D eigenvalue weighted by Gasteiger charge is 2.16. The summed E-state index contributed by atoms with van der Waals surface area (Å²) in [4.78, 5) is 0. The van der Waals surface area contributed by atoms with Crippen molar-refractivity contribution in [2.45, 2.75) is 53.0 Å². The first-order valence-electron chi connectivity index (χ1n) is 6.93. The Morgan fingerprint density at radius 1 is 0.941 bits per heavy atom. The highest BCUT2D eigenvalue weighted by atomic mass is 14.9. The van der Waals surface area contributed by atoms with Gasteiger partial charge >= 0.3 is 0 Å². The standard InChI is InChI=1S/C16H27N/c1-6-13(5)16(17-7-2)15-10-8-14(9-11-15)12(3)4/h8-13,16-17H,6-7H2,1-5H3. The van der Waals surface area contributed by atoms with Gasteiger partial charge in [0.1, 0.15) is 0 Å². The van der Waals surface area contributed by atoms with E-state index in [0.29, 0.717) is 17.9 Å². The smallest absolute Gasteiger partial charge is 0.0345 e. The summed E-state index contributed by atoms with van der Waals surface area (Å²) in [6.07, 6.45) is 1.21. The third-order valence-corrected chi connectivity index (χ3v) is 3.60. The molecular formula is C16H27N. The molecule has 1 nitrogen and oxygen atoms in total. The Bertz CT molecular complexity index is 313. The normalized spacial score (nSPS) is 14.9. The molecule has 0 saturated heterocycles. The van der Waals surface area contributed by atoms with Crippen molar-refractivity contribution in [3.8, 4) is 0 Å². The van der Waals surface area contributed by atoms with Crippen LogP contribution in [0.1, 0.15) is 64.1 Å². The molecule has 1 rings (SSSR count). The first-order valence-corrected chi connectivity index (χ1v) is 6.93. The lowest BCUT2D eigenvalue weighted by atomic mass is 9.91. The SMILES string of the molecule is CCNC(c1ccc(C(C)C)cc1)C(C)CC. The summed E-state index contributed by atoms with van der Waals surface area (Å²) in [6, 6.07) is 9.61. The molecule has 1 heteroatoms. The van der Waals surface area contributed by atoms with Crippen LogP contribution in [0.25, 0.3) is 0 Å². The fourth-order valence-corrected chi connectivity index (χ4v) is 2.19. The zero-order valence-corrected chi connectivity index (χ0v) is 12.0. The highest BCUT2D eigenvalue weighted by Crippen LogP contribution is 2.25. The average Bonchev–Trinajstić information content (AvgIpc) is 2.35. The summed E-state index contributed by atoms with van der Waals surface area (Å²) in [5.41, 5.74) is 2.85. The fourth-order valence-electron chi connectivity index (χ4n) is 2.19. The molecule has 0 spiro atoms. The molecule has 1 aromatic carbocycles. The molecule has 0 heterocycles. The van der Waals surface area contributed by atoms with Gasteiger partial charge in [-0.3, -0.25) is 0 Å². The molecule has 0 radical (unpaired) electrons. The molecule has 2 atom stereocenters. The van der Waals surface area contributed by atoms with E-state index < -0.39 is 0 Å². The van der Waals surface area contributed by atoms with Crippen LogP contribution in [0.2, 0.25) is 0 Å². The Morgan fingerprint density at radius 3 is 1.88 bits per heavy atom. The van der Waals surface area contributed by atoms with Crippen LogP contribution >= 0.6 is 0 Å². The zero-order valence-electron chi connectivity index (χ0n) is 12.0. The van der Waals surface area contributed by atoms with Crippen molar-refractivity contribution in [3.05, 3.63) is 35.4 Å². The van der Waals surface area contributed by atoms with Crippen LogP contribution in [-0.2, 0) is 0 Å². The second-order valence-electron chi connectivity index (χ2n) is 5.24. The minimum atomic E-state index is 0.492. The predicted octanol–water partition coefficient (Wildman–Crippen LogP) is 4.51. The van der Waals surface area contributed by atoms with Gasteiger partial charge < -0.3 is 5.32 Å². The molecule has 0 aliphatic carbocycles. The van der Waals surface area contributed by atoms with E-state index in [0.717, 1.165) is 6.54 Å². The third-order valence-electron chi connectivity index (χ3n) is 3.60.